The number of carboxylic acids is 1. The average Bonchev–Trinajstić information content (AvgIpc) is 2.51. The van der Waals surface area contributed by atoms with E-state index >= 15 is 0 Å². The topological polar surface area (TPSA) is 80.7 Å². The number of rotatable bonds is 5. The highest BCUT2D eigenvalue weighted by atomic mass is 35.5. The first kappa shape index (κ1) is 20.1. The lowest BCUT2D eigenvalue weighted by Crippen LogP contribution is -2.13. The summed E-state index contributed by atoms with van der Waals surface area (Å²) in [6, 6.07) is 6.68. The molecule has 0 unspecified atom stereocenters. The molecule has 0 saturated heterocycles. The van der Waals surface area contributed by atoms with Crippen LogP contribution in [0.3, 0.4) is 0 Å². The number of alkyl halides is 3. The molecule has 5 nitrogen and oxygen atoms in total. The number of sulfone groups is 1. The molecule has 0 aliphatic rings. The number of hydrogen-bond donors (Lipinski definition) is 1. The summed E-state index contributed by atoms with van der Waals surface area (Å²) in [6.45, 7) is -0.706. The molecule has 1 N–H and O–H groups in total. The Morgan fingerprint density at radius 1 is 1.19 bits per heavy atom. The van der Waals surface area contributed by atoms with Crippen LogP contribution in [0.15, 0.2) is 41.3 Å². The highest BCUT2D eigenvalue weighted by Crippen LogP contribution is 2.39. The number of ether oxygens (including phenoxy) is 1. The molecular weight excluding hydrogens is 397 g/mol. The third kappa shape index (κ3) is 4.67. The molecule has 0 aromatic heterocycles. The van der Waals surface area contributed by atoms with Crippen LogP contribution in [0.2, 0.25) is 5.02 Å². The van der Waals surface area contributed by atoms with Crippen molar-refractivity contribution in [3.63, 3.8) is 0 Å². The SMILES string of the molecule is CS(=O)(=O)c1ccc(-c2cc(Cl)ccc2OCC(=O)O)cc1C(F)(F)F. The van der Waals surface area contributed by atoms with Crippen LogP contribution in [-0.2, 0) is 20.8 Å². The first-order valence-electron chi connectivity index (χ1n) is 6.95. The van der Waals surface area contributed by atoms with Gasteiger partial charge in [0, 0.05) is 16.8 Å². The summed E-state index contributed by atoms with van der Waals surface area (Å²) in [7, 11) is -4.11. The van der Waals surface area contributed by atoms with E-state index in [0.29, 0.717) is 12.3 Å². The van der Waals surface area contributed by atoms with Gasteiger partial charge in [0.15, 0.2) is 16.4 Å². The predicted octanol–water partition coefficient (Wildman–Crippen LogP) is 3.89. The Labute approximate surface area is 151 Å². The van der Waals surface area contributed by atoms with Crippen LogP contribution < -0.4 is 4.74 Å². The molecule has 0 aliphatic heterocycles. The maximum absolute atomic E-state index is 13.3. The van der Waals surface area contributed by atoms with Crippen molar-refractivity contribution < 1.29 is 36.2 Å². The summed E-state index contributed by atoms with van der Waals surface area (Å²) in [4.78, 5) is 9.80. The molecule has 0 heterocycles. The summed E-state index contributed by atoms with van der Waals surface area (Å²) < 4.78 is 68.3. The Bertz CT molecular complexity index is 955. The zero-order valence-corrected chi connectivity index (χ0v) is 14.7. The van der Waals surface area contributed by atoms with Crippen LogP contribution in [0, 0.1) is 0 Å². The largest absolute Gasteiger partial charge is 0.481 e. The summed E-state index contributed by atoms with van der Waals surface area (Å²) in [6.07, 6.45) is -4.23. The molecule has 0 spiro atoms. The van der Waals surface area contributed by atoms with Crippen molar-refractivity contribution in [2.75, 3.05) is 12.9 Å². The second-order valence-electron chi connectivity index (χ2n) is 5.30. The number of aliphatic carboxylic acids is 1. The summed E-state index contributed by atoms with van der Waals surface area (Å²) in [5.41, 5.74) is -1.25. The van der Waals surface area contributed by atoms with Gasteiger partial charge in [-0.25, -0.2) is 13.2 Å². The van der Waals surface area contributed by atoms with E-state index in [1.54, 1.807) is 0 Å². The number of hydrogen-bond acceptors (Lipinski definition) is 4. The highest BCUT2D eigenvalue weighted by molar-refractivity contribution is 7.90. The third-order valence-corrected chi connectivity index (χ3v) is 4.68. The Kier molecular flexibility index (Phi) is 5.52. The van der Waals surface area contributed by atoms with E-state index in [1.807, 2.05) is 0 Å². The van der Waals surface area contributed by atoms with Crippen molar-refractivity contribution in [3.8, 4) is 16.9 Å². The van der Waals surface area contributed by atoms with Crippen molar-refractivity contribution in [2.24, 2.45) is 0 Å². The zero-order chi connectivity index (χ0) is 19.7. The molecule has 2 rings (SSSR count). The van der Waals surface area contributed by atoms with Gasteiger partial charge in [-0.2, -0.15) is 13.2 Å². The van der Waals surface area contributed by atoms with Gasteiger partial charge in [0.25, 0.3) is 0 Å². The second kappa shape index (κ2) is 7.16. The van der Waals surface area contributed by atoms with Crippen LogP contribution in [0.25, 0.3) is 11.1 Å². The van der Waals surface area contributed by atoms with Gasteiger partial charge in [0.2, 0.25) is 0 Å². The normalized spacial score (nSPS) is 12.0. The lowest BCUT2D eigenvalue weighted by molar-refractivity contribution is -0.140. The second-order valence-corrected chi connectivity index (χ2v) is 7.72. The van der Waals surface area contributed by atoms with Crippen LogP contribution in [0.5, 0.6) is 5.75 Å². The molecule has 0 atom stereocenters. The molecule has 10 heteroatoms. The number of carbonyl (C=O) groups is 1. The monoisotopic (exact) mass is 408 g/mol. The molecule has 26 heavy (non-hydrogen) atoms. The predicted molar refractivity (Wildman–Crippen MR) is 88.1 cm³/mol. The molecule has 2 aromatic carbocycles. The summed E-state index contributed by atoms with van der Waals surface area (Å²) in [5.74, 6) is -1.27. The minimum atomic E-state index is -4.91. The third-order valence-electron chi connectivity index (χ3n) is 3.29. The van der Waals surface area contributed by atoms with E-state index in [-0.39, 0.29) is 21.9 Å². The minimum absolute atomic E-state index is 0.00275. The van der Waals surface area contributed by atoms with Gasteiger partial charge in [-0.3, -0.25) is 0 Å². The van der Waals surface area contributed by atoms with E-state index in [1.165, 1.54) is 24.3 Å². The lowest BCUT2D eigenvalue weighted by atomic mass is 10.0. The van der Waals surface area contributed by atoms with Gasteiger partial charge >= 0.3 is 12.1 Å². The first-order valence-corrected chi connectivity index (χ1v) is 9.22. The Morgan fingerprint density at radius 2 is 1.85 bits per heavy atom. The fourth-order valence-electron chi connectivity index (χ4n) is 2.24. The van der Waals surface area contributed by atoms with Gasteiger partial charge in [-0.15, -0.1) is 0 Å². The van der Waals surface area contributed by atoms with E-state index in [2.05, 4.69) is 0 Å². The molecule has 0 bridgehead atoms. The minimum Gasteiger partial charge on any atom is -0.481 e. The number of benzene rings is 2. The summed E-state index contributed by atoms with van der Waals surface area (Å²) in [5, 5.41) is 8.88. The van der Waals surface area contributed by atoms with Crippen molar-refractivity contribution in [2.45, 2.75) is 11.1 Å². The van der Waals surface area contributed by atoms with Gasteiger partial charge in [0.1, 0.15) is 5.75 Å². The quantitative estimate of drug-likeness (QED) is 0.811. The first-order chi connectivity index (χ1) is 11.9. The molecule has 0 radical (unpaired) electrons. The van der Waals surface area contributed by atoms with Crippen LogP contribution in [0.4, 0.5) is 13.2 Å². The molecule has 0 saturated carbocycles. The lowest BCUT2D eigenvalue weighted by Gasteiger charge is -2.15. The van der Waals surface area contributed by atoms with Crippen LogP contribution >= 0.6 is 11.6 Å². The smallest absolute Gasteiger partial charge is 0.417 e. The fraction of sp³-hybridized carbons (Fsp3) is 0.188. The standard InChI is InChI=1S/C16H12ClF3O5S/c1-26(23,24)14-5-2-9(6-12(14)16(18,19)20)11-7-10(17)3-4-13(11)25-8-15(21)22/h2-7H,8H2,1H3,(H,21,22). The van der Waals surface area contributed by atoms with Crippen LogP contribution in [0.1, 0.15) is 5.56 Å². The van der Waals surface area contributed by atoms with Gasteiger partial charge in [-0.1, -0.05) is 17.7 Å². The van der Waals surface area contributed by atoms with Crippen molar-refractivity contribution >= 4 is 27.4 Å². The van der Waals surface area contributed by atoms with Gasteiger partial charge in [-0.05, 0) is 35.9 Å². The highest BCUT2D eigenvalue weighted by Gasteiger charge is 2.36. The Morgan fingerprint density at radius 3 is 2.38 bits per heavy atom. The Balaban J connectivity index is 2.66. The fourth-order valence-corrected chi connectivity index (χ4v) is 3.30. The molecule has 2 aromatic rings. The summed E-state index contributed by atoms with van der Waals surface area (Å²) >= 11 is 5.87. The average molecular weight is 409 g/mol. The van der Waals surface area contributed by atoms with E-state index in [9.17, 15) is 26.4 Å². The molecule has 0 fully saturated rings. The maximum atomic E-state index is 13.3. The van der Waals surface area contributed by atoms with E-state index in [4.69, 9.17) is 21.4 Å². The van der Waals surface area contributed by atoms with Gasteiger partial charge < -0.3 is 9.84 Å². The van der Waals surface area contributed by atoms with Crippen LogP contribution in [-0.4, -0.2) is 32.4 Å². The number of halogens is 4. The van der Waals surface area contributed by atoms with E-state index in [0.717, 1.165) is 6.07 Å². The van der Waals surface area contributed by atoms with Crippen molar-refractivity contribution in [1.29, 1.82) is 0 Å². The molecule has 0 amide bonds. The molecular formula is C16H12ClF3O5S. The maximum Gasteiger partial charge on any atom is 0.417 e. The van der Waals surface area contributed by atoms with Crippen molar-refractivity contribution in [3.05, 3.63) is 47.0 Å². The molecule has 0 aliphatic carbocycles. The molecule has 140 valence electrons. The number of carboxylic acid groups (broad SMARTS) is 1. The van der Waals surface area contributed by atoms with E-state index < -0.39 is 39.0 Å². The Hall–Kier alpha value is -2.26. The van der Waals surface area contributed by atoms with Crippen molar-refractivity contribution in [1.82, 2.24) is 0 Å². The van der Waals surface area contributed by atoms with Gasteiger partial charge in [0.05, 0.1) is 10.5 Å². The zero-order valence-electron chi connectivity index (χ0n) is 13.2.